The molecule has 2 aliphatic heterocycles. The first-order chi connectivity index (χ1) is 12.2. The molecule has 25 heavy (non-hydrogen) atoms. The van der Waals surface area contributed by atoms with Gasteiger partial charge in [0.25, 0.3) is 10.0 Å². The van der Waals surface area contributed by atoms with Gasteiger partial charge < -0.3 is 4.74 Å². The summed E-state index contributed by atoms with van der Waals surface area (Å²) < 4.78 is 33.1. The molecule has 0 saturated carbocycles. The zero-order chi connectivity index (χ0) is 17.3. The lowest BCUT2D eigenvalue weighted by atomic mass is 10.0. The molecule has 1 fully saturated rings. The Morgan fingerprint density at radius 1 is 1.12 bits per heavy atom. The lowest BCUT2D eigenvalue weighted by Gasteiger charge is -2.29. The molecule has 0 N–H and O–H groups in total. The smallest absolute Gasteiger partial charge is 0.265 e. The van der Waals surface area contributed by atoms with Gasteiger partial charge in [-0.15, -0.1) is 0 Å². The molecule has 1 aromatic carbocycles. The Balaban J connectivity index is 1.64. The average molecular weight is 359 g/mol. The van der Waals surface area contributed by atoms with Gasteiger partial charge in [-0.25, -0.2) is 8.42 Å². The summed E-state index contributed by atoms with van der Waals surface area (Å²) >= 11 is 0. The highest BCUT2D eigenvalue weighted by Gasteiger charge is 2.37. The molecule has 1 aromatic heterocycles. The van der Waals surface area contributed by atoms with E-state index in [1.165, 1.54) is 10.5 Å². The molecule has 3 heterocycles. The van der Waals surface area contributed by atoms with Crippen LogP contribution in [-0.2, 0) is 14.8 Å². The van der Waals surface area contributed by atoms with E-state index in [-0.39, 0.29) is 10.8 Å². The van der Waals surface area contributed by atoms with E-state index in [2.05, 4.69) is 9.88 Å². The van der Waals surface area contributed by atoms with Crippen LogP contribution >= 0.6 is 0 Å². The van der Waals surface area contributed by atoms with Crippen LogP contribution in [0.15, 0.2) is 53.7 Å². The monoisotopic (exact) mass is 359 g/mol. The van der Waals surface area contributed by atoms with E-state index in [1.54, 1.807) is 18.3 Å². The number of aromatic nitrogens is 1. The third-order valence-corrected chi connectivity index (χ3v) is 6.60. The molecule has 2 aromatic rings. The number of anilines is 1. The van der Waals surface area contributed by atoms with E-state index >= 15 is 0 Å². The lowest BCUT2D eigenvalue weighted by Crippen LogP contribution is -2.40. The van der Waals surface area contributed by atoms with Crippen molar-refractivity contribution < 1.29 is 13.2 Å². The maximum Gasteiger partial charge on any atom is 0.265 e. The second-order valence-corrected chi connectivity index (χ2v) is 8.26. The van der Waals surface area contributed by atoms with Crippen molar-refractivity contribution >= 4 is 15.7 Å². The highest BCUT2D eigenvalue weighted by molar-refractivity contribution is 7.92. The lowest BCUT2D eigenvalue weighted by molar-refractivity contribution is 0.0357. The zero-order valence-corrected chi connectivity index (χ0v) is 14.7. The normalized spacial score (nSPS) is 21.3. The van der Waals surface area contributed by atoms with Crippen LogP contribution in [0.1, 0.15) is 11.5 Å². The minimum absolute atomic E-state index is 0.167. The molecule has 4 rings (SSSR count). The molecule has 132 valence electrons. The van der Waals surface area contributed by atoms with Gasteiger partial charge in [-0.2, -0.15) is 0 Å². The summed E-state index contributed by atoms with van der Waals surface area (Å²) in [5.41, 5.74) is 1.88. The minimum Gasteiger partial charge on any atom is -0.379 e. The molecule has 0 spiro atoms. The molecule has 7 heteroatoms. The van der Waals surface area contributed by atoms with E-state index in [1.807, 2.05) is 24.3 Å². The van der Waals surface area contributed by atoms with Crippen molar-refractivity contribution in [2.24, 2.45) is 0 Å². The van der Waals surface area contributed by atoms with Crippen LogP contribution in [0.4, 0.5) is 5.69 Å². The van der Waals surface area contributed by atoms with E-state index in [0.29, 0.717) is 6.54 Å². The molecule has 0 unspecified atom stereocenters. The summed E-state index contributed by atoms with van der Waals surface area (Å²) in [6.45, 7) is 4.59. The molecule has 0 amide bonds. The molecule has 2 aliphatic rings. The van der Waals surface area contributed by atoms with E-state index in [4.69, 9.17) is 4.74 Å². The van der Waals surface area contributed by atoms with Crippen LogP contribution in [0, 0.1) is 0 Å². The first-order valence-electron chi connectivity index (χ1n) is 8.48. The van der Waals surface area contributed by atoms with Crippen LogP contribution in [0.2, 0.25) is 0 Å². The standard InChI is InChI=1S/C18H21N3O3S/c22-25(23,16-4-3-7-19-12-16)21-14-15(13-20-8-10-24-11-9-20)17-5-1-2-6-18(17)21/h1-7,12,15H,8-11,13-14H2/t15-/m1/s1. The molecule has 1 atom stereocenters. The molecule has 6 nitrogen and oxygen atoms in total. The molecule has 0 radical (unpaired) electrons. The molecule has 0 bridgehead atoms. The van der Waals surface area contributed by atoms with Gasteiger partial charge >= 0.3 is 0 Å². The summed E-state index contributed by atoms with van der Waals surface area (Å²) in [6, 6.07) is 11.1. The number of hydrogen-bond donors (Lipinski definition) is 0. The van der Waals surface area contributed by atoms with E-state index < -0.39 is 10.0 Å². The van der Waals surface area contributed by atoms with Crippen LogP contribution in [0.25, 0.3) is 0 Å². The van der Waals surface area contributed by atoms with E-state index in [0.717, 1.165) is 44.1 Å². The van der Waals surface area contributed by atoms with Gasteiger partial charge in [-0.3, -0.25) is 14.2 Å². The summed E-state index contributed by atoms with van der Waals surface area (Å²) in [7, 11) is -3.60. The van der Waals surface area contributed by atoms with Crippen LogP contribution < -0.4 is 4.31 Å². The Labute approximate surface area is 148 Å². The van der Waals surface area contributed by atoms with Crippen molar-refractivity contribution in [1.82, 2.24) is 9.88 Å². The van der Waals surface area contributed by atoms with Gasteiger partial charge in [0.05, 0.1) is 18.9 Å². The number of fused-ring (bicyclic) bond motifs is 1. The van der Waals surface area contributed by atoms with Gasteiger partial charge in [0.15, 0.2) is 0 Å². The Hall–Kier alpha value is -1.96. The summed E-state index contributed by atoms with van der Waals surface area (Å²) in [6.07, 6.45) is 2.99. The van der Waals surface area contributed by atoms with Gasteiger partial charge in [0.2, 0.25) is 0 Å². The van der Waals surface area contributed by atoms with Crippen molar-refractivity contribution in [2.75, 3.05) is 43.7 Å². The Kier molecular flexibility index (Phi) is 4.45. The van der Waals surface area contributed by atoms with Crippen LogP contribution in [0.3, 0.4) is 0 Å². The number of sulfonamides is 1. The third kappa shape index (κ3) is 3.15. The largest absolute Gasteiger partial charge is 0.379 e. The maximum atomic E-state index is 13.1. The van der Waals surface area contributed by atoms with Crippen molar-refractivity contribution in [3.05, 3.63) is 54.4 Å². The molecular weight excluding hydrogens is 338 g/mol. The highest BCUT2D eigenvalue weighted by atomic mass is 32.2. The van der Waals surface area contributed by atoms with Crippen molar-refractivity contribution in [2.45, 2.75) is 10.8 Å². The fourth-order valence-electron chi connectivity index (χ4n) is 3.56. The number of benzene rings is 1. The average Bonchev–Trinajstić information content (AvgIpc) is 3.03. The van der Waals surface area contributed by atoms with Crippen molar-refractivity contribution in [3.63, 3.8) is 0 Å². The fourth-order valence-corrected chi connectivity index (χ4v) is 5.06. The second-order valence-electron chi connectivity index (χ2n) is 6.39. The topological polar surface area (TPSA) is 62.7 Å². The second kappa shape index (κ2) is 6.74. The first-order valence-corrected chi connectivity index (χ1v) is 9.92. The number of rotatable bonds is 4. The Bertz CT molecular complexity index is 836. The molecule has 1 saturated heterocycles. The predicted octanol–water partition coefficient (Wildman–Crippen LogP) is 1.71. The van der Waals surface area contributed by atoms with E-state index in [9.17, 15) is 8.42 Å². The first kappa shape index (κ1) is 16.5. The van der Waals surface area contributed by atoms with Gasteiger partial charge in [-0.05, 0) is 23.8 Å². The number of pyridine rings is 1. The fraction of sp³-hybridized carbons (Fsp3) is 0.389. The summed E-state index contributed by atoms with van der Waals surface area (Å²) in [5, 5.41) is 0. The van der Waals surface area contributed by atoms with Gasteiger partial charge in [-0.1, -0.05) is 18.2 Å². The number of hydrogen-bond acceptors (Lipinski definition) is 5. The van der Waals surface area contributed by atoms with Crippen LogP contribution in [-0.4, -0.2) is 57.7 Å². The molecular formula is C18H21N3O3S. The van der Waals surface area contributed by atoms with Gasteiger partial charge in [0.1, 0.15) is 4.90 Å². The number of para-hydroxylation sites is 1. The molecule has 0 aliphatic carbocycles. The number of nitrogens with zero attached hydrogens (tertiary/aromatic N) is 3. The third-order valence-electron chi connectivity index (χ3n) is 4.84. The van der Waals surface area contributed by atoms with Crippen LogP contribution in [0.5, 0.6) is 0 Å². The minimum atomic E-state index is -3.60. The zero-order valence-electron chi connectivity index (χ0n) is 13.9. The van der Waals surface area contributed by atoms with Crippen molar-refractivity contribution in [3.8, 4) is 0 Å². The summed E-state index contributed by atoms with van der Waals surface area (Å²) in [4.78, 5) is 6.55. The van der Waals surface area contributed by atoms with Crippen molar-refractivity contribution in [1.29, 1.82) is 0 Å². The summed E-state index contributed by atoms with van der Waals surface area (Å²) in [5.74, 6) is 0.167. The van der Waals surface area contributed by atoms with Gasteiger partial charge in [0, 0.05) is 44.5 Å². The Morgan fingerprint density at radius 3 is 2.68 bits per heavy atom. The number of morpholine rings is 1. The highest BCUT2D eigenvalue weighted by Crippen LogP contribution is 2.39. The quantitative estimate of drug-likeness (QED) is 0.832. The Morgan fingerprint density at radius 2 is 1.92 bits per heavy atom. The SMILES string of the molecule is O=S(=O)(c1cccnc1)N1C[C@@H](CN2CCOCC2)c2ccccc21. The predicted molar refractivity (Wildman–Crippen MR) is 95.2 cm³/mol. The number of ether oxygens (including phenoxy) is 1. The maximum absolute atomic E-state index is 13.1.